The van der Waals surface area contributed by atoms with Gasteiger partial charge in [-0.15, -0.1) is 0 Å². The quantitative estimate of drug-likeness (QED) is 0.659. The number of ether oxygens (including phenoxy) is 1. The number of amides is 4. The number of carbonyl (C=O) groups excluding carboxylic acids is 3. The number of rotatable bonds is 5. The van der Waals surface area contributed by atoms with E-state index < -0.39 is 23.8 Å². The van der Waals surface area contributed by atoms with Crippen LogP contribution < -0.4 is 15.0 Å². The maximum Gasteiger partial charge on any atom is 0.335 e. The Kier molecular flexibility index (Phi) is 4.60. The van der Waals surface area contributed by atoms with Crippen molar-refractivity contribution in [3.8, 4) is 5.75 Å². The number of hydrogen-bond donors (Lipinski definition) is 1. The maximum absolute atomic E-state index is 12.7. The molecule has 8 heteroatoms. The van der Waals surface area contributed by atoms with Crippen molar-refractivity contribution in [2.45, 2.75) is 6.54 Å². The second-order valence-electron chi connectivity index (χ2n) is 5.19. The highest BCUT2D eigenvalue weighted by Crippen LogP contribution is 2.30. The van der Waals surface area contributed by atoms with Crippen LogP contribution in [0.1, 0.15) is 5.76 Å². The first kappa shape index (κ1) is 16.4. The average Bonchev–Trinajstić information content (AvgIpc) is 3.11. The van der Waals surface area contributed by atoms with Crippen LogP contribution in [0.15, 0.2) is 52.1 Å². The van der Waals surface area contributed by atoms with E-state index in [1.165, 1.54) is 19.6 Å². The average molecular weight is 341 g/mol. The highest BCUT2D eigenvalue weighted by Gasteiger charge is 2.41. The number of methoxy groups -OCH3 is 1. The Morgan fingerprint density at radius 2 is 2.04 bits per heavy atom. The third-order valence-electron chi connectivity index (χ3n) is 3.61. The number of anilines is 1. The lowest BCUT2D eigenvalue weighted by molar-refractivity contribution is -0.131. The predicted octanol–water partition coefficient (Wildman–Crippen LogP) is 1.76. The van der Waals surface area contributed by atoms with Crippen LogP contribution in [-0.2, 0) is 16.1 Å². The first-order valence-corrected chi connectivity index (χ1v) is 7.46. The predicted molar refractivity (Wildman–Crippen MR) is 88.4 cm³/mol. The van der Waals surface area contributed by atoms with Crippen LogP contribution in [0.5, 0.6) is 5.75 Å². The number of aliphatic imine (C=N–C) groups is 1. The minimum atomic E-state index is -1.21. The molecule has 1 fully saturated rings. The number of carbonyl (C=O) groups is 3. The van der Waals surface area contributed by atoms with E-state index in [4.69, 9.17) is 9.15 Å². The topological polar surface area (TPSA) is 101 Å². The van der Waals surface area contributed by atoms with Gasteiger partial charge >= 0.3 is 6.03 Å². The fourth-order valence-electron chi connectivity index (χ4n) is 2.42. The minimum Gasteiger partial charge on any atom is -0.495 e. The number of nitrogens with one attached hydrogen (secondary N) is 1. The van der Waals surface area contributed by atoms with Crippen molar-refractivity contribution in [3.63, 3.8) is 0 Å². The number of barbiturate groups is 1. The number of nitrogens with zero attached hydrogens (tertiary/aromatic N) is 2. The normalized spacial score (nSPS) is 17.9. The van der Waals surface area contributed by atoms with Crippen molar-refractivity contribution in [2.24, 2.45) is 10.9 Å². The zero-order valence-electron chi connectivity index (χ0n) is 13.3. The zero-order chi connectivity index (χ0) is 17.8. The van der Waals surface area contributed by atoms with Crippen molar-refractivity contribution >= 4 is 29.7 Å². The number of para-hydroxylation sites is 2. The third kappa shape index (κ3) is 3.27. The van der Waals surface area contributed by atoms with Crippen molar-refractivity contribution in [2.75, 3.05) is 12.0 Å². The van der Waals surface area contributed by atoms with E-state index in [1.807, 2.05) is 0 Å². The van der Waals surface area contributed by atoms with E-state index in [9.17, 15) is 14.4 Å². The fraction of sp³-hybridized carbons (Fsp3) is 0.176. The first-order valence-electron chi connectivity index (χ1n) is 7.46. The minimum absolute atomic E-state index is 0.187. The molecule has 2 heterocycles. The molecule has 2 aromatic rings. The second-order valence-corrected chi connectivity index (χ2v) is 5.19. The summed E-state index contributed by atoms with van der Waals surface area (Å²) in [4.78, 5) is 41.8. The monoisotopic (exact) mass is 341 g/mol. The Bertz CT molecular complexity index is 829. The fourth-order valence-corrected chi connectivity index (χ4v) is 2.42. The van der Waals surface area contributed by atoms with Gasteiger partial charge in [0.15, 0.2) is 5.92 Å². The molecule has 8 nitrogen and oxygen atoms in total. The summed E-state index contributed by atoms with van der Waals surface area (Å²) in [6.45, 7) is 0.187. The molecule has 1 N–H and O–H groups in total. The summed E-state index contributed by atoms with van der Waals surface area (Å²) in [5.41, 5.74) is 0.254. The van der Waals surface area contributed by atoms with Gasteiger partial charge in [-0.25, -0.2) is 9.69 Å². The number of hydrogen-bond acceptors (Lipinski definition) is 6. The summed E-state index contributed by atoms with van der Waals surface area (Å²) in [5.74, 6) is -1.69. The Labute approximate surface area is 143 Å². The van der Waals surface area contributed by atoms with Gasteiger partial charge in [0.25, 0.3) is 5.91 Å². The standard InChI is InChI=1S/C17H15N3O5/c1-24-14-7-3-2-6-13(14)20-16(22)12(15(21)19-17(20)23)10-18-9-11-5-4-8-25-11/h2-8,10,12H,9H2,1H3,(H,19,21,23)/t12-/m1/s1. The molecule has 1 saturated heterocycles. The SMILES string of the molecule is COc1ccccc1N1C(=O)NC(=O)[C@@H](C=NCc2ccco2)C1=O. The molecule has 1 atom stereocenters. The summed E-state index contributed by atoms with van der Waals surface area (Å²) in [6.07, 6.45) is 2.72. The van der Waals surface area contributed by atoms with Crippen molar-refractivity contribution in [3.05, 3.63) is 48.4 Å². The van der Waals surface area contributed by atoms with Gasteiger partial charge in [0.2, 0.25) is 5.91 Å². The van der Waals surface area contributed by atoms with Gasteiger partial charge in [0.1, 0.15) is 11.5 Å². The van der Waals surface area contributed by atoms with Gasteiger partial charge in [-0.3, -0.25) is 19.9 Å². The van der Waals surface area contributed by atoms with Crippen LogP contribution in [-0.4, -0.2) is 31.2 Å². The molecule has 0 bridgehead atoms. The number of furan rings is 1. The van der Waals surface area contributed by atoms with E-state index in [-0.39, 0.29) is 12.2 Å². The third-order valence-corrected chi connectivity index (χ3v) is 3.61. The van der Waals surface area contributed by atoms with E-state index >= 15 is 0 Å². The Balaban J connectivity index is 1.85. The first-order chi connectivity index (χ1) is 12.1. The largest absolute Gasteiger partial charge is 0.495 e. The summed E-state index contributed by atoms with van der Waals surface area (Å²) in [5, 5.41) is 2.16. The molecule has 3 rings (SSSR count). The van der Waals surface area contributed by atoms with Crippen LogP contribution in [0.4, 0.5) is 10.5 Å². The number of benzene rings is 1. The van der Waals surface area contributed by atoms with Gasteiger partial charge in [-0.05, 0) is 24.3 Å². The lowest BCUT2D eigenvalue weighted by Crippen LogP contribution is -2.58. The highest BCUT2D eigenvalue weighted by molar-refractivity contribution is 6.32. The molecule has 0 aliphatic carbocycles. The second kappa shape index (κ2) is 7.00. The summed E-state index contributed by atoms with van der Waals surface area (Å²) in [7, 11) is 1.43. The number of urea groups is 1. The molecule has 0 spiro atoms. The summed E-state index contributed by atoms with van der Waals surface area (Å²) < 4.78 is 10.3. The maximum atomic E-state index is 12.7. The molecular formula is C17H15N3O5. The number of imide groups is 2. The van der Waals surface area contributed by atoms with Crippen LogP contribution in [0.25, 0.3) is 0 Å². The van der Waals surface area contributed by atoms with Gasteiger partial charge in [-0.2, -0.15) is 0 Å². The van der Waals surface area contributed by atoms with E-state index in [0.717, 1.165) is 4.90 Å². The Morgan fingerprint density at radius 3 is 2.76 bits per heavy atom. The Hall–Kier alpha value is -3.42. The molecule has 1 aliphatic heterocycles. The summed E-state index contributed by atoms with van der Waals surface area (Å²) >= 11 is 0. The molecule has 1 aromatic heterocycles. The molecule has 1 aliphatic rings. The van der Waals surface area contributed by atoms with Crippen molar-refractivity contribution < 1.29 is 23.5 Å². The van der Waals surface area contributed by atoms with E-state index in [1.54, 1.807) is 36.4 Å². The zero-order valence-corrected chi connectivity index (χ0v) is 13.3. The molecular weight excluding hydrogens is 326 g/mol. The molecule has 25 heavy (non-hydrogen) atoms. The van der Waals surface area contributed by atoms with Gasteiger partial charge in [0, 0.05) is 6.21 Å². The van der Waals surface area contributed by atoms with Crippen LogP contribution in [0.3, 0.4) is 0 Å². The van der Waals surface area contributed by atoms with E-state index in [2.05, 4.69) is 10.3 Å². The van der Waals surface area contributed by atoms with Gasteiger partial charge in [-0.1, -0.05) is 12.1 Å². The highest BCUT2D eigenvalue weighted by atomic mass is 16.5. The van der Waals surface area contributed by atoms with Crippen molar-refractivity contribution in [1.29, 1.82) is 0 Å². The summed E-state index contributed by atoms with van der Waals surface area (Å²) in [6, 6.07) is 9.16. The molecule has 0 unspecified atom stereocenters. The van der Waals surface area contributed by atoms with Crippen molar-refractivity contribution in [1.82, 2.24) is 5.32 Å². The van der Waals surface area contributed by atoms with Crippen LogP contribution in [0.2, 0.25) is 0 Å². The molecule has 0 radical (unpaired) electrons. The lowest BCUT2D eigenvalue weighted by Gasteiger charge is -2.29. The van der Waals surface area contributed by atoms with E-state index in [0.29, 0.717) is 11.5 Å². The molecule has 128 valence electrons. The Morgan fingerprint density at radius 1 is 1.24 bits per heavy atom. The van der Waals surface area contributed by atoms with Gasteiger partial charge in [0.05, 0.1) is 25.6 Å². The van der Waals surface area contributed by atoms with Gasteiger partial charge < -0.3 is 9.15 Å². The molecule has 0 saturated carbocycles. The lowest BCUT2D eigenvalue weighted by atomic mass is 10.1. The molecule has 1 aromatic carbocycles. The van der Waals surface area contributed by atoms with Crippen LogP contribution >= 0.6 is 0 Å². The van der Waals surface area contributed by atoms with Crippen LogP contribution in [0, 0.1) is 5.92 Å². The smallest absolute Gasteiger partial charge is 0.335 e. The molecule has 4 amide bonds.